The third kappa shape index (κ3) is 4.77. The zero-order valence-electron chi connectivity index (χ0n) is 16.3. The average Bonchev–Trinajstić information content (AvgIpc) is 3.00. The number of hydrogen-bond acceptors (Lipinski definition) is 9. The number of carbonyl (C=O) groups is 1. The lowest BCUT2D eigenvalue weighted by Gasteiger charge is -2.15. The maximum atomic E-state index is 13.1. The molecule has 0 spiro atoms. The minimum Gasteiger partial charge on any atom is -0.467 e. The fourth-order valence-electron chi connectivity index (χ4n) is 2.96. The quantitative estimate of drug-likeness (QED) is 0.692. The second-order valence-electron chi connectivity index (χ2n) is 6.36. The first-order valence-corrected chi connectivity index (χ1v) is 11.0. The van der Waals surface area contributed by atoms with Gasteiger partial charge in [0.05, 0.1) is 13.7 Å². The van der Waals surface area contributed by atoms with E-state index in [0.717, 1.165) is 12.0 Å². The number of hydrogen-bond donors (Lipinski definition) is 2. The van der Waals surface area contributed by atoms with E-state index in [1.54, 1.807) is 13.0 Å². The van der Waals surface area contributed by atoms with Crippen LogP contribution in [0.4, 0.5) is 10.7 Å². The summed E-state index contributed by atoms with van der Waals surface area (Å²) in [7, 11) is -1.32. The van der Waals surface area contributed by atoms with E-state index in [4.69, 9.17) is 9.47 Å². The zero-order chi connectivity index (χ0) is 21.2. The van der Waals surface area contributed by atoms with Gasteiger partial charge in [0, 0.05) is 17.3 Å². The molecule has 0 radical (unpaired) electrons. The van der Waals surface area contributed by atoms with Crippen LogP contribution in [-0.4, -0.2) is 48.9 Å². The molecule has 1 aromatic carbocycles. The van der Waals surface area contributed by atoms with Gasteiger partial charge in [-0.1, -0.05) is 19.1 Å². The Labute approximate surface area is 172 Å². The van der Waals surface area contributed by atoms with Crippen LogP contribution in [0.3, 0.4) is 0 Å². The molecule has 0 saturated heterocycles. The van der Waals surface area contributed by atoms with Crippen LogP contribution in [0, 0.1) is 6.92 Å². The number of carbonyl (C=O) groups excluding carboxylic acids is 1. The van der Waals surface area contributed by atoms with Gasteiger partial charge >= 0.3 is 12.0 Å². The summed E-state index contributed by atoms with van der Waals surface area (Å²) in [6.07, 6.45) is 0.756. The number of aryl methyl sites for hydroxylation is 1. The number of amides is 2. The largest absolute Gasteiger partial charge is 0.467 e. The van der Waals surface area contributed by atoms with Crippen molar-refractivity contribution in [3.05, 3.63) is 29.1 Å². The molecule has 1 aliphatic rings. The number of benzene rings is 1. The SMILES string of the molecule is COCc1ccc2c(c1S(=O)(=O)NC(=O)Nc1nc(C)nc(OC)n1)SC(C)C2. The molecule has 2 aromatic rings. The summed E-state index contributed by atoms with van der Waals surface area (Å²) >= 11 is 1.47. The van der Waals surface area contributed by atoms with Crippen molar-refractivity contribution in [1.29, 1.82) is 0 Å². The Morgan fingerprint density at radius 1 is 1.28 bits per heavy atom. The molecule has 0 fully saturated rings. The highest BCUT2D eigenvalue weighted by molar-refractivity contribution is 8.01. The molecule has 0 saturated carbocycles. The number of fused-ring (bicyclic) bond motifs is 1. The highest BCUT2D eigenvalue weighted by Crippen LogP contribution is 2.42. The van der Waals surface area contributed by atoms with E-state index in [1.165, 1.54) is 26.0 Å². The summed E-state index contributed by atoms with van der Waals surface area (Å²) in [6, 6.07) is 2.63. The van der Waals surface area contributed by atoms with Gasteiger partial charge in [-0.2, -0.15) is 15.0 Å². The zero-order valence-corrected chi connectivity index (χ0v) is 18.0. The molecule has 12 heteroatoms. The van der Waals surface area contributed by atoms with E-state index >= 15 is 0 Å². The van der Waals surface area contributed by atoms with E-state index in [0.29, 0.717) is 16.3 Å². The van der Waals surface area contributed by atoms with Crippen LogP contribution >= 0.6 is 11.8 Å². The van der Waals surface area contributed by atoms with Gasteiger partial charge in [-0.25, -0.2) is 17.9 Å². The van der Waals surface area contributed by atoms with Crippen molar-refractivity contribution in [3.8, 4) is 6.01 Å². The van der Waals surface area contributed by atoms with Gasteiger partial charge in [0.25, 0.3) is 10.0 Å². The van der Waals surface area contributed by atoms with Gasteiger partial charge < -0.3 is 9.47 Å². The topological polar surface area (TPSA) is 132 Å². The highest BCUT2D eigenvalue weighted by atomic mass is 32.2. The minimum atomic E-state index is -4.17. The molecule has 156 valence electrons. The van der Waals surface area contributed by atoms with Crippen LogP contribution in [0.2, 0.25) is 0 Å². The molecule has 0 bridgehead atoms. The standard InChI is InChI=1S/C17H21N5O5S2/c1-9-7-11-5-6-12(8-26-3)14(13(11)28-9)29(24,25)22-16(23)20-15-18-10(2)19-17(21-15)27-4/h5-6,9H,7-8H2,1-4H3,(H2,18,19,20,21,22,23). The molecule has 10 nitrogen and oxygen atoms in total. The van der Waals surface area contributed by atoms with Crippen molar-refractivity contribution in [2.24, 2.45) is 0 Å². The van der Waals surface area contributed by atoms with Crippen LogP contribution in [0.25, 0.3) is 0 Å². The van der Waals surface area contributed by atoms with Crippen molar-refractivity contribution in [3.63, 3.8) is 0 Å². The number of urea groups is 1. The monoisotopic (exact) mass is 439 g/mol. The van der Waals surface area contributed by atoms with E-state index in [1.807, 2.05) is 17.7 Å². The van der Waals surface area contributed by atoms with E-state index in [9.17, 15) is 13.2 Å². The number of rotatable bonds is 6. The normalized spacial score (nSPS) is 15.7. The third-order valence-electron chi connectivity index (χ3n) is 4.03. The summed E-state index contributed by atoms with van der Waals surface area (Å²) in [5.41, 5.74) is 1.41. The van der Waals surface area contributed by atoms with Crippen molar-refractivity contribution in [1.82, 2.24) is 19.7 Å². The minimum absolute atomic E-state index is 0.00399. The number of nitrogens with zero attached hydrogens (tertiary/aromatic N) is 3. The Morgan fingerprint density at radius 3 is 2.72 bits per heavy atom. The molecular formula is C17H21N5O5S2. The third-order valence-corrected chi connectivity index (χ3v) is 6.89. The Kier molecular flexibility index (Phi) is 6.24. The van der Waals surface area contributed by atoms with Crippen molar-refractivity contribution in [2.75, 3.05) is 19.5 Å². The van der Waals surface area contributed by atoms with Gasteiger partial charge in [0.2, 0.25) is 5.95 Å². The first-order valence-electron chi connectivity index (χ1n) is 8.64. The van der Waals surface area contributed by atoms with Gasteiger partial charge in [0.15, 0.2) is 0 Å². The number of sulfonamides is 1. The first kappa shape index (κ1) is 21.3. The fourth-order valence-corrected chi connectivity index (χ4v) is 5.88. The molecule has 29 heavy (non-hydrogen) atoms. The summed E-state index contributed by atoms with van der Waals surface area (Å²) in [6.45, 7) is 3.71. The highest BCUT2D eigenvalue weighted by Gasteiger charge is 2.31. The number of thioether (sulfide) groups is 1. The van der Waals surface area contributed by atoms with Crippen LogP contribution in [-0.2, 0) is 27.8 Å². The molecule has 3 rings (SSSR count). The maximum absolute atomic E-state index is 13.1. The van der Waals surface area contributed by atoms with Crippen molar-refractivity contribution in [2.45, 2.75) is 41.9 Å². The molecule has 1 aliphatic heterocycles. The van der Waals surface area contributed by atoms with Gasteiger partial charge in [-0.3, -0.25) is 5.32 Å². The van der Waals surface area contributed by atoms with Crippen LogP contribution in [0.1, 0.15) is 23.9 Å². The lowest BCUT2D eigenvalue weighted by Crippen LogP contribution is -2.35. The number of ether oxygens (including phenoxy) is 2. The number of nitrogens with one attached hydrogen (secondary N) is 2. The summed E-state index contributed by atoms with van der Waals surface area (Å²) in [4.78, 5) is 24.8. The molecule has 2 heterocycles. The van der Waals surface area contributed by atoms with Gasteiger partial charge in [-0.15, -0.1) is 11.8 Å². The number of anilines is 1. The molecule has 0 aliphatic carbocycles. The lowest BCUT2D eigenvalue weighted by atomic mass is 10.1. The van der Waals surface area contributed by atoms with Gasteiger partial charge in [-0.05, 0) is 24.5 Å². The first-order chi connectivity index (χ1) is 13.7. The van der Waals surface area contributed by atoms with Crippen LogP contribution in [0.5, 0.6) is 6.01 Å². The molecule has 2 N–H and O–H groups in total. The molecule has 2 amide bonds. The fraction of sp³-hybridized carbons (Fsp3) is 0.412. The van der Waals surface area contributed by atoms with E-state index in [2.05, 4.69) is 20.3 Å². The second-order valence-corrected chi connectivity index (χ2v) is 9.43. The Balaban J connectivity index is 1.89. The second kappa shape index (κ2) is 8.51. The predicted octanol–water partition coefficient (Wildman–Crippen LogP) is 1.88. The Hall–Kier alpha value is -2.44. The number of methoxy groups -OCH3 is 2. The van der Waals surface area contributed by atoms with Gasteiger partial charge in [0.1, 0.15) is 10.7 Å². The summed E-state index contributed by atoms with van der Waals surface area (Å²) in [5, 5.41) is 2.54. The molecular weight excluding hydrogens is 418 g/mol. The molecule has 1 unspecified atom stereocenters. The maximum Gasteiger partial charge on any atom is 0.335 e. The van der Waals surface area contributed by atoms with E-state index in [-0.39, 0.29) is 28.7 Å². The summed E-state index contributed by atoms with van der Waals surface area (Å²) in [5.74, 6) is 0.184. The van der Waals surface area contributed by atoms with Crippen LogP contribution in [0.15, 0.2) is 21.9 Å². The Bertz CT molecular complexity index is 1040. The smallest absolute Gasteiger partial charge is 0.335 e. The average molecular weight is 440 g/mol. The van der Waals surface area contributed by atoms with E-state index < -0.39 is 16.1 Å². The van der Waals surface area contributed by atoms with Crippen LogP contribution < -0.4 is 14.8 Å². The number of aromatic nitrogens is 3. The Morgan fingerprint density at radius 2 is 2.03 bits per heavy atom. The molecule has 1 aromatic heterocycles. The summed E-state index contributed by atoms with van der Waals surface area (Å²) < 4.78 is 38.2. The van der Waals surface area contributed by atoms with Crippen molar-refractivity contribution < 1.29 is 22.7 Å². The predicted molar refractivity (Wildman–Crippen MR) is 107 cm³/mol. The van der Waals surface area contributed by atoms with Crippen molar-refractivity contribution >= 4 is 33.8 Å². The lowest BCUT2D eigenvalue weighted by molar-refractivity contribution is 0.182. The molecule has 1 atom stereocenters.